The summed E-state index contributed by atoms with van der Waals surface area (Å²) in [7, 11) is 4.35. The van der Waals surface area contributed by atoms with E-state index in [1.165, 1.54) is 29.5 Å². The zero-order valence-corrected chi connectivity index (χ0v) is 14.5. The fraction of sp³-hybridized carbons (Fsp3) is 0.556. The van der Waals surface area contributed by atoms with Crippen LogP contribution in [0, 0.1) is 0 Å². The molecule has 1 aromatic heterocycles. The Morgan fingerprint density at radius 2 is 2.05 bits per heavy atom. The highest BCUT2D eigenvalue weighted by atomic mass is 32.2. The Kier molecular flexibility index (Phi) is 4.06. The third kappa shape index (κ3) is 2.51. The fourth-order valence-corrected chi connectivity index (χ4v) is 5.00. The van der Waals surface area contributed by atoms with Crippen LogP contribution >= 0.6 is 11.8 Å². The van der Waals surface area contributed by atoms with Gasteiger partial charge in [-0.15, -0.1) is 11.8 Å². The molecule has 0 radical (unpaired) electrons. The van der Waals surface area contributed by atoms with Crippen molar-refractivity contribution in [3.05, 3.63) is 35.5 Å². The van der Waals surface area contributed by atoms with Gasteiger partial charge in [-0.25, -0.2) is 0 Å². The maximum absolute atomic E-state index is 2.56. The molecule has 0 saturated carbocycles. The predicted octanol–water partition coefficient (Wildman–Crippen LogP) is 4.12. The number of hydrogen-bond donors (Lipinski definition) is 0. The van der Waals surface area contributed by atoms with Crippen LogP contribution in [0.15, 0.2) is 24.3 Å². The first-order valence-corrected chi connectivity index (χ1v) is 8.94. The molecule has 0 bridgehead atoms. The van der Waals surface area contributed by atoms with E-state index in [1.807, 2.05) is 0 Å². The lowest BCUT2D eigenvalue weighted by Gasteiger charge is -2.36. The average molecular weight is 302 g/mol. The summed E-state index contributed by atoms with van der Waals surface area (Å²) in [4.78, 5) is 2.30. The number of hydrogen-bond acceptors (Lipinski definition) is 2. The van der Waals surface area contributed by atoms with Crippen LogP contribution in [0.3, 0.4) is 0 Å². The Morgan fingerprint density at radius 1 is 1.29 bits per heavy atom. The molecule has 2 nitrogen and oxygen atoms in total. The number of benzene rings is 1. The van der Waals surface area contributed by atoms with Crippen LogP contribution in [0.5, 0.6) is 0 Å². The lowest BCUT2D eigenvalue weighted by atomic mass is 9.95. The molecular formula is C18H26N2S. The zero-order chi connectivity index (χ0) is 15.0. The Hall–Kier alpha value is -0.930. The van der Waals surface area contributed by atoms with Gasteiger partial charge in [-0.1, -0.05) is 18.2 Å². The molecule has 3 rings (SSSR count). The van der Waals surface area contributed by atoms with Gasteiger partial charge in [0.25, 0.3) is 0 Å². The Morgan fingerprint density at radius 3 is 2.76 bits per heavy atom. The van der Waals surface area contributed by atoms with Crippen molar-refractivity contribution >= 4 is 22.7 Å². The summed E-state index contributed by atoms with van der Waals surface area (Å²) in [6, 6.07) is 8.95. The van der Waals surface area contributed by atoms with Crippen molar-refractivity contribution in [2.24, 2.45) is 0 Å². The van der Waals surface area contributed by atoms with E-state index in [1.54, 1.807) is 11.3 Å². The fourth-order valence-electron chi connectivity index (χ4n) is 3.64. The Balaban J connectivity index is 2.16. The van der Waals surface area contributed by atoms with Gasteiger partial charge >= 0.3 is 0 Å². The largest absolute Gasteiger partial charge is 0.343 e. The number of thioether (sulfide) groups is 1. The molecule has 0 aliphatic carbocycles. The van der Waals surface area contributed by atoms with Crippen LogP contribution in [0.4, 0.5) is 0 Å². The highest BCUT2D eigenvalue weighted by Gasteiger charge is 2.37. The standard InChI is InChI=1S/C18H26N2S/c1-5-20-16-9-7-6-8-14(16)15-10-13-21-18(2,17(15)20)11-12-19(3)4/h6-9H,5,10-13H2,1-4H3/t18-/m0/s1. The smallest absolute Gasteiger partial charge is 0.0547 e. The first-order valence-electron chi connectivity index (χ1n) is 7.96. The molecule has 1 aromatic carbocycles. The number of nitrogens with zero attached hydrogens (tertiary/aromatic N) is 2. The Labute approximate surface area is 132 Å². The first-order chi connectivity index (χ1) is 10.1. The van der Waals surface area contributed by atoms with Crippen molar-refractivity contribution in [1.82, 2.24) is 9.47 Å². The molecule has 0 saturated heterocycles. The topological polar surface area (TPSA) is 8.17 Å². The molecule has 3 heteroatoms. The van der Waals surface area contributed by atoms with Gasteiger partial charge < -0.3 is 9.47 Å². The third-order valence-electron chi connectivity index (χ3n) is 4.70. The third-order valence-corrected chi connectivity index (χ3v) is 6.14. The lowest BCUT2D eigenvalue weighted by Crippen LogP contribution is -2.31. The van der Waals surface area contributed by atoms with Crippen molar-refractivity contribution in [3.63, 3.8) is 0 Å². The molecule has 0 fully saturated rings. The zero-order valence-electron chi connectivity index (χ0n) is 13.6. The van der Waals surface area contributed by atoms with Gasteiger partial charge in [-0.3, -0.25) is 0 Å². The highest BCUT2D eigenvalue weighted by molar-refractivity contribution is 8.00. The van der Waals surface area contributed by atoms with E-state index in [2.05, 4.69) is 73.4 Å². The van der Waals surface area contributed by atoms with E-state index >= 15 is 0 Å². The summed E-state index contributed by atoms with van der Waals surface area (Å²) in [6.45, 7) is 6.94. The molecule has 1 aliphatic heterocycles. The maximum Gasteiger partial charge on any atom is 0.0547 e. The van der Waals surface area contributed by atoms with Crippen LogP contribution < -0.4 is 0 Å². The number of fused-ring (bicyclic) bond motifs is 3. The minimum Gasteiger partial charge on any atom is -0.343 e. The van der Waals surface area contributed by atoms with E-state index in [0.717, 1.165) is 13.1 Å². The minimum atomic E-state index is 0.243. The highest BCUT2D eigenvalue weighted by Crippen LogP contribution is 2.48. The van der Waals surface area contributed by atoms with Crippen molar-refractivity contribution in [1.29, 1.82) is 0 Å². The summed E-state index contributed by atoms with van der Waals surface area (Å²) in [5.74, 6) is 1.24. The second-order valence-corrected chi connectivity index (χ2v) is 8.07. The number of para-hydroxylation sites is 1. The van der Waals surface area contributed by atoms with Gasteiger partial charge in [-0.05, 0) is 64.7 Å². The first kappa shape index (κ1) is 15.0. The van der Waals surface area contributed by atoms with Crippen molar-refractivity contribution in [3.8, 4) is 0 Å². The molecule has 0 amide bonds. The van der Waals surface area contributed by atoms with Crippen LogP contribution in [0.25, 0.3) is 10.9 Å². The number of aryl methyl sites for hydroxylation is 2. The molecule has 2 aromatic rings. The second-order valence-electron chi connectivity index (χ2n) is 6.47. The molecule has 1 aliphatic rings. The van der Waals surface area contributed by atoms with Gasteiger partial charge in [0.05, 0.1) is 4.75 Å². The van der Waals surface area contributed by atoms with E-state index in [9.17, 15) is 0 Å². The van der Waals surface area contributed by atoms with Crippen LogP contribution in [-0.4, -0.2) is 35.9 Å². The summed E-state index contributed by atoms with van der Waals surface area (Å²) < 4.78 is 2.80. The molecule has 21 heavy (non-hydrogen) atoms. The average Bonchev–Trinajstić information content (AvgIpc) is 2.81. The van der Waals surface area contributed by atoms with E-state index in [-0.39, 0.29) is 4.75 Å². The quantitative estimate of drug-likeness (QED) is 0.839. The number of aromatic nitrogens is 1. The van der Waals surface area contributed by atoms with Crippen LogP contribution in [0.2, 0.25) is 0 Å². The normalized spacial score (nSPS) is 22.0. The van der Waals surface area contributed by atoms with Crippen LogP contribution in [0.1, 0.15) is 31.5 Å². The summed E-state index contributed by atoms with van der Waals surface area (Å²) in [5, 5.41) is 1.48. The van der Waals surface area contributed by atoms with Crippen molar-refractivity contribution in [2.75, 3.05) is 26.4 Å². The maximum atomic E-state index is 2.56. The van der Waals surface area contributed by atoms with Crippen molar-refractivity contribution < 1.29 is 0 Å². The molecule has 0 spiro atoms. The van der Waals surface area contributed by atoms with Gasteiger partial charge in [0.2, 0.25) is 0 Å². The van der Waals surface area contributed by atoms with Gasteiger partial charge in [0.15, 0.2) is 0 Å². The summed E-state index contributed by atoms with van der Waals surface area (Å²) in [6.07, 6.45) is 2.43. The molecular weight excluding hydrogens is 276 g/mol. The molecule has 0 N–H and O–H groups in total. The minimum absolute atomic E-state index is 0.243. The predicted molar refractivity (Wildman–Crippen MR) is 94.3 cm³/mol. The second kappa shape index (κ2) is 5.69. The molecule has 0 unspecified atom stereocenters. The van der Waals surface area contributed by atoms with Crippen LogP contribution in [-0.2, 0) is 17.7 Å². The molecule has 114 valence electrons. The van der Waals surface area contributed by atoms with Gasteiger partial charge in [-0.2, -0.15) is 0 Å². The monoisotopic (exact) mass is 302 g/mol. The SMILES string of the molecule is CCn1c2c(c3ccccc31)CCS[C@@]2(C)CCN(C)C. The summed E-state index contributed by atoms with van der Waals surface area (Å²) in [5.41, 5.74) is 4.61. The van der Waals surface area contributed by atoms with E-state index < -0.39 is 0 Å². The van der Waals surface area contributed by atoms with E-state index in [4.69, 9.17) is 0 Å². The molecule has 1 atom stereocenters. The van der Waals surface area contributed by atoms with Gasteiger partial charge in [0.1, 0.15) is 0 Å². The summed E-state index contributed by atoms with van der Waals surface area (Å²) >= 11 is 2.15. The van der Waals surface area contributed by atoms with E-state index in [0.29, 0.717) is 0 Å². The Bertz CT molecular complexity index is 611. The lowest BCUT2D eigenvalue weighted by molar-refractivity contribution is 0.370. The van der Waals surface area contributed by atoms with Gasteiger partial charge in [0, 0.05) is 23.1 Å². The number of rotatable bonds is 4. The van der Waals surface area contributed by atoms with Crippen molar-refractivity contribution in [2.45, 2.75) is 38.0 Å². The molecule has 2 heterocycles.